The Labute approximate surface area is 228 Å². The van der Waals surface area contributed by atoms with Gasteiger partial charge < -0.3 is 24.8 Å². The normalized spacial score (nSPS) is 21.3. The van der Waals surface area contributed by atoms with Crippen LogP contribution in [-0.4, -0.2) is 70.8 Å². The van der Waals surface area contributed by atoms with E-state index in [-0.39, 0.29) is 29.9 Å². The van der Waals surface area contributed by atoms with Crippen molar-refractivity contribution in [2.24, 2.45) is 11.8 Å². The Kier molecular flexibility index (Phi) is 9.92. The van der Waals surface area contributed by atoms with Crippen LogP contribution in [0.4, 0.5) is 14.5 Å². The zero-order chi connectivity index (χ0) is 28.0. The van der Waals surface area contributed by atoms with Crippen LogP contribution in [-0.2, 0) is 19.3 Å². The summed E-state index contributed by atoms with van der Waals surface area (Å²) in [4.78, 5) is 15.2. The molecule has 0 bridgehead atoms. The Morgan fingerprint density at radius 2 is 1.77 bits per heavy atom. The first-order valence-electron chi connectivity index (χ1n) is 13.3. The van der Waals surface area contributed by atoms with Crippen LogP contribution in [0.1, 0.15) is 48.1 Å². The number of ether oxygens (including phenoxy) is 2. The number of aliphatic hydroxyl groups is 1. The average Bonchev–Trinajstić information content (AvgIpc) is 3.39. The Morgan fingerprint density at radius 1 is 1.10 bits per heavy atom. The van der Waals surface area contributed by atoms with Gasteiger partial charge in [-0.15, -0.1) is 0 Å². The maximum absolute atomic E-state index is 12.9. The van der Waals surface area contributed by atoms with Gasteiger partial charge in [0.25, 0.3) is 5.91 Å². The number of carbonyl (C=O) groups excluding carboxylic acids is 1. The van der Waals surface area contributed by atoms with Gasteiger partial charge in [-0.2, -0.15) is 8.78 Å². The maximum Gasteiger partial charge on any atom is 0.345 e. The fourth-order valence-corrected chi connectivity index (χ4v) is 6.38. The van der Waals surface area contributed by atoms with Crippen LogP contribution in [0, 0.1) is 11.8 Å². The number of nitrogens with zero attached hydrogens (tertiary/aromatic N) is 1. The van der Waals surface area contributed by atoms with Gasteiger partial charge in [0, 0.05) is 31.0 Å². The SMILES string of the molecule is CCS(=O)(=O)c1ccc([C@H](CO)NC(=O)c2ccc(N3CC(C4CCOCC4)C[C@H]3COC(F)F)cc2)cc1. The van der Waals surface area contributed by atoms with Gasteiger partial charge in [0.15, 0.2) is 9.84 Å². The second-order valence-corrected chi connectivity index (χ2v) is 12.4. The van der Waals surface area contributed by atoms with E-state index in [2.05, 4.69) is 15.0 Å². The van der Waals surface area contributed by atoms with E-state index in [0.29, 0.717) is 23.0 Å². The Hall–Kier alpha value is -2.60. The van der Waals surface area contributed by atoms with E-state index in [1.165, 1.54) is 12.1 Å². The molecule has 39 heavy (non-hydrogen) atoms. The van der Waals surface area contributed by atoms with E-state index < -0.39 is 28.4 Å². The first-order valence-corrected chi connectivity index (χ1v) is 15.0. The molecule has 0 spiro atoms. The number of halogens is 2. The molecule has 2 saturated heterocycles. The van der Waals surface area contributed by atoms with Crippen molar-refractivity contribution < 1.29 is 36.6 Å². The van der Waals surface area contributed by atoms with Gasteiger partial charge in [0.1, 0.15) is 0 Å². The number of carbonyl (C=O) groups is 1. The largest absolute Gasteiger partial charge is 0.394 e. The van der Waals surface area contributed by atoms with Crippen molar-refractivity contribution in [1.82, 2.24) is 5.32 Å². The molecule has 2 aromatic rings. The molecule has 4 rings (SSSR count). The lowest BCUT2D eigenvalue weighted by molar-refractivity contribution is -0.131. The summed E-state index contributed by atoms with van der Waals surface area (Å²) in [7, 11) is -3.35. The van der Waals surface area contributed by atoms with Crippen molar-refractivity contribution in [3.8, 4) is 0 Å². The maximum atomic E-state index is 12.9. The van der Waals surface area contributed by atoms with E-state index in [1.807, 2.05) is 0 Å². The summed E-state index contributed by atoms with van der Waals surface area (Å²) in [5, 5.41) is 12.7. The van der Waals surface area contributed by atoms with Crippen LogP contribution in [0.25, 0.3) is 0 Å². The second kappa shape index (κ2) is 13.2. The Morgan fingerprint density at radius 3 is 2.36 bits per heavy atom. The van der Waals surface area contributed by atoms with Crippen molar-refractivity contribution in [2.75, 3.05) is 43.6 Å². The van der Waals surface area contributed by atoms with Gasteiger partial charge >= 0.3 is 6.61 Å². The predicted molar refractivity (Wildman–Crippen MR) is 143 cm³/mol. The summed E-state index contributed by atoms with van der Waals surface area (Å²) >= 11 is 0. The molecule has 214 valence electrons. The summed E-state index contributed by atoms with van der Waals surface area (Å²) in [6.07, 6.45) is 2.68. The van der Waals surface area contributed by atoms with Gasteiger partial charge in [0.2, 0.25) is 0 Å². The molecule has 0 saturated carbocycles. The second-order valence-electron chi connectivity index (χ2n) is 10.1. The highest BCUT2D eigenvalue weighted by molar-refractivity contribution is 7.91. The average molecular weight is 567 g/mol. The predicted octanol–water partition coefficient (Wildman–Crippen LogP) is 3.80. The third-order valence-electron chi connectivity index (χ3n) is 7.76. The molecule has 2 aliphatic heterocycles. The Bertz CT molecular complexity index is 1190. The number of nitrogens with one attached hydrogen (secondary N) is 1. The number of hydrogen-bond donors (Lipinski definition) is 2. The summed E-state index contributed by atoms with van der Waals surface area (Å²) in [6.45, 7) is 0.472. The monoisotopic (exact) mass is 566 g/mol. The minimum absolute atomic E-state index is 0.0177. The highest BCUT2D eigenvalue weighted by Crippen LogP contribution is 2.37. The molecule has 2 aromatic carbocycles. The van der Waals surface area contributed by atoms with Crippen LogP contribution >= 0.6 is 0 Å². The molecular formula is C28H36F2N2O6S. The van der Waals surface area contributed by atoms with Gasteiger partial charge in [-0.25, -0.2) is 8.42 Å². The fourth-order valence-electron chi connectivity index (χ4n) is 5.49. The highest BCUT2D eigenvalue weighted by atomic mass is 32.2. The molecular weight excluding hydrogens is 530 g/mol. The topological polar surface area (TPSA) is 105 Å². The smallest absolute Gasteiger partial charge is 0.345 e. The van der Waals surface area contributed by atoms with Crippen molar-refractivity contribution >= 4 is 21.4 Å². The number of amides is 1. The van der Waals surface area contributed by atoms with Gasteiger partial charge in [-0.05, 0) is 73.1 Å². The van der Waals surface area contributed by atoms with Crippen molar-refractivity contribution in [1.29, 1.82) is 0 Å². The standard InChI is InChI=1S/C28H36F2N2O6S/c1-2-39(35,36)25-9-5-20(6-10-25)26(17-33)31-27(34)21-3-7-23(8-4-21)32-16-22(19-11-13-37-14-12-19)15-24(32)18-38-28(29)30/h3-10,19,22,24,26,28,33H,2,11-18H2,1H3,(H,31,34)/t22?,24-,26-/m0/s1. The molecule has 3 atom stereocenters. The first kappa shape index (κ1) is 29.4. The number of aliphatic hydroxyl groups excluding tert-OH is 1. The number of sulfone groups is 1. The number of rotatable bonds is 11. The van der Waals surface area contributed by atoms with Crippen LogP contribution in [0.15, 0.2) is 53.4 Å². The third kappa shape index (κ3) is 7.33. The Balaban J connectivity index is 1.43. The number of anilines is 1. The quantitative estimate of drug-likeness (QED) is 0.426. The van der Waals surface area contributed by atoms with Crippen LogP contribution < -0.4 is 10.2 Å². The molecule has 0 radical (unpaired) electrons. The number of hydrogen-bond acceptors (Lipinski definition) is 7. The summed E-state index contributed by atoms with van der Waals surface area (Å²) < 4.78 is 59.9. The summed E-state index contributed by atoms with van der Waals surface area (Å²) in [5.74, 6) is 0.419. The lowest BCUT2D eigenvalue weighted by Gasteiger charge is -2.28. The minimum atomic E-state index is -3.35. The molecule has 0 aliphatic carbocycles. The lowest BCUT2D eigenvalue weighted by atomic mass is 9.84. The van der Waals surface area contributed by atoms with Crippen LogP contribution in [0.5, 0.6) is 0 Å². The zero-order valence-electron chi connectivity index (χ0n) is 22.0. The summed E-state index contributed by atoms with van der Waals surface area (Å²) in [6, 6.07) is 12.1. The fraction of sp³-hybridized carbons (Fsp3) is 0.536. The molecule has 2 N–H and O–H groups in total. The van der Waals surface area contributed by atoms with E-state index in [4.69, 9.17) is 4.74 Å². The molecule has 11 heteroatoms. The molecule has 0 aromatic heterocycles. The number of alkyl halides is 2. The van der Waals surface area contributed by atoms with E-state index in [1.54, 1.807) is 43.3 Å². The molecule has 1 unspecified atom stereocenters. The summed E-state index contributed by atoms with van der Waals surface area (Å²) in [5.41, 5.74) is 1.79. The van der Waals surface area contributed by atoms with Crippen molar-refractivity contribution in [3.05, 3.63) is 59.7 Å². The molecule has 2 fully saturated rings. The van der Waals surface area contributed by atoms with Gasteiger partial charge in [-0.1, -0.05) is 19.1 Å². The van der Waals surface area contributed by atoms with Crippen LogP contribution in [0.2, 0.25) is 0 Å². The van der Waals surface area contributed by atoms with E-state index in [0.717, 1.165) is 44.7 Å². The molecule has 8 nitrogen and oxygen atoms in total. The third-order valence-corrected chi connectivity index (χ3v) is 9.52. The minimum Gasteiger partial charge on any atom is -0.394 e. The van der Waals surface area contributed by atoms with E-state index in [9.17, 15) is 27.1 Å². The molecule has 2 heterocycles. The molecule has 1 amide bonds. The van der Waals surface area contributed by atoms with Gasteiger partial charge in [0.05, 0.1) is 35.9 Å². The zero-order valence-corrected chi connectivity index (χ0v) is 22.8. The lowest BCUT2D eigenvalue weighted by Crippen LogP contribution is -2.34. The van der Waals surface area contributed by atoms with Gasteiger partial charge in [-0.3, -0.25) is 4.79 Å². The van der Waals surface area contributed by atoms with Crippen molar-refractivity contribution in [2.45, 2.75) is 49.8 Å². The van der Waals surface area contributed by atoms with Crippen LogP contribution in [0.3, 0.4) is 0 Å². The number of benzene rings is 2. The first-order chi connectivity index (χ1) is 18.7. The molecule has 2 aliphatic rings. The van der Waals surface area contributed by atoms with E-state index >= 15 is 0 Å². The highest BCUT2D eigenvalue weighted by Gasteiger charge is 2.37. The van der Waals surface area contributed by atoms with Crippen molar-refractivity contribution in [3.63, 3.8) is 0 Å².